The normalized spacial score (nSPS) is 14.1. The largest absolute Gasteiger partial charge is 0.488 e. The quantitative estimate of drug-likeness (QED) is 0.221. The third-order valence-corrected chi connectivity index (χ3v) is 6.34. The molecule has 7 heteroatoms. The van der Waals surface area contributed by atoms with Crippen LogP contribution < -0.4 is 20.5 Å². The second-order valence-corrected chi connectivity index (χ2v) is 9.53. The molecule has 0 aliphatic heterocycles. The van der Waals surface area contributed by atoms with E-state index in [1.54, 1.807) is 0 Å². The number of carbonyl (C=O) groups excluding carboxylic acids is 1. The van der Waals surface area contributed by atoms with E-state index in [4.69, 9.17) is 20.3 Å². The second kappa shape index (κ2) is 12.1. The van der Waals surface area contributed by atoms with Gasteiger partial charge in [0.05, 0.1) is 17.2 Å². The highest BCUT2D eigenvalue weighted by Crippen LogP contribution is 2.34. The molecule has 7 nitrogen and oxygen atoms in total. The van der Waals surface area contributed by atoms with Crippen LogP contribution in [0.1, 0.15) is 47.7 Å². The van der Waals surface area contributed by atoms with Gasteiger partial charge in [0.25, 0.3) is 5.91 Å². The minimum Gasteiger partial charge on any atom is -0.488 e. The lowest BCUT2D eigenvalue weighted by Gasteiger charge is -2.17. The Balaban J connectivity index is 1.34. The SMILES string of the molecule is C=CCc1ccc(OCCN[C@H](C)Cc2cc(C(N)=O)c3c(ccn3CCCO)c2)c(OC2CC2)c1. The molecular formula is C29H37N3O4. The van der Waals surface area contributed by atoms with Gasteiger partial charge in [-0.3, -0.25) is 4.79 Å². The first kappa shape index (κ1) is 25.8. The van der Waals surface area contributed by atoms with Gasteiger partial charge < -0.3 is 30.2 Å². The number of allylic oxidation sites excluding steroid dienone is 1. The number of ether oxygens (including phenoxy) is 2. The fourth-order valence-corrected chi connectivity index (χ4v) is 4.46. The van der Waals surface area contributed by atoms with Crippen molar-refractivity contribution in [3.05, 3.63) is 71.9 Å². The predicted octanol–water partition coefficient (Wildman–Crippen LogP) is 3.99. The van der Waals surface area contributed by atoms with E-state index in [0.717, 1.165) is 59.2 Å². The molecule has 1 atom stereocenters. The van der Waals surface area contributed by atoms with Gasteiger partial charge in [0.2, 0.25) is 0 Å². The van der Waals surface area contributed by atoms with Crippen LogP contribution in [0, 0.1) is 0 Å². The molecule has 0 unspecified atom stereocenters. The summed E-state index contributed by atoms with van der Waals surface area (Å²) in [5, 5.41) is 13.7. The first-order chi connectivity index (χ1) is 17.5. The fraction of sp³-hybridized carbons (Fsp3) is 0.414. The Kier molecular flexibility index (Phi) is 8.67. The zero-order valence-corrected chi connectivity index (χ0v) is 21.0. The Hall–Kier alpha value is -3.29. The smallest absolute Gasteiger partial charge is 0.250 e. The number of hydrogen-bond donors (Lipinski definition) is 3. The lowest BCUT2D eigenvalue weighted by Crippen LogP contribution is -2.32. The molecule has 192 valence electrons. The van der Waals surface area contributed by atoms with Crippen LogP contribution in [0.2, 0.25) is 0 Å². The molecule has 1 amide bonds. The number of aliphatic hydroxyl groups is 1. The number of carbonyl (C=O) groups is 1. The number of aromatic nitrogens is 1. The van der Waals surface area contributed by atoms with E-state index in [9.17, 15) is 4.79 Å². The Labute approximate surface area is 212 Å². The molecule has 4 rings (SSSR count). The molecule has 4 N–H and O–H groups in total. The molecule has 0 radical (unpaired) electrons. The Morgan fingerprint density at radius 2 is 2.08 bits per heavy atom. The topological polar surface area (TPSA) is 98.7 Å². The van der Waals surface area contributed by atoms with Gasteiger partial charge in [-0.05, 0) is 80.5 Å². The van der Waals surface area contributed by atoms with E-state index in [0.29, 0.717) is 37.8 Å². The minimum absolute atomic E-state index is 0.103. The monoisotopic (exact) mass is 491 g/mol. The van der Waals surface area contributed by atoms with Gasteiger partial charge in [0.15, 0.2) is 11.5 Å². The molecule has 1 heterocycles. The summed E-state index contributed by atoms with van der Waals surface area (Å²) in [6.07, 6.45) is 8.52. The number of fused-ring (bicyclic) bond motifs is 1. The number of nitrogens with one attached hydrogen (secondary N) is 1. The molecule has 1 aromatic heterocycles. The van der Waals surface area contributed by atoms with Crippen LogP contribution in [0.25, 0.3) is 10.9 Å². The zero-order chi connectivity index (χ0) is 25.5. The number of nitrogens with zero attached hydrogens (tertiary/aromatic N) is 1. The maximum atomic E-state index is 12.2. The van der Waals surface area contributed by atoms with Gasteiger partial charge in [-0.2, -0.15) is 0 Å². The van der Waals surface area contributed by atoms with Crippen LogP contribution in [0.15, 0.2) is 55.3 Å². The van der Waals surface area contributed by atoms with Gasteiger partial charge in [0, 0.05) is 37.3 Å². The first-order valence-electron chi connectivity index (χ1n) is 12.8. The molecule has 2 aromatic carbocycles. The van der Waals surface area contributed by atoms with Crippen molar-refractivity contribution in [3.63, 3.8) is 0 Å². The van der Waals surface area contributed by atoms with Crippen LogP contribution in [0.3, 0.4) is 0 Å². The van der Waals surface area contributed by atoms with Crippen molar-refractivity contribution in [3.8, 4) is 11.5 Å². The minimum atomic E-state index is -0.442. The Morgan fingerprint density at radius 3 is 2.81 bits per heavy atom. The summed E-state index contributed by atoms with van der Waals surface area (Å²) in [5.74, 6) is 1.14. The summed E-state index contributed by atoms with van der Waals surface area (Å²) in [5.41, 5.74) is 9.28. The summed E-state index contributed by atoms with van der Waals surface area (Å²) < 4.78 is 14.1. The number of nitrogens with two attached hydrogens (primary N) is 1. The summed E-state index contributed by atoms with van der Waals surface area (Å²) in [4.78, 5) is 12.2. The van der Waals surface area contributed by atoms with E-state index in [1.807, 2.05) is 35.0 Å². The van der Waals surface area contributed by atoms with Crippen molar-refractivity contribution in [1.29, 1.82) is 0 Å². The lowest BCUT2D eigenvalue weighted by atomic mass is 10.0. The average molecular weight is 492 g/mol. The van der Waals surface area contributed by atoms with Crippen LogP contribution in [-0.2, 0) is 19.4 Å². The molecule has 1 aliphatic rings. The van der Waals surface area contributed by atoms with E-state index >= 15 is 0 Å². The number of primary amides is 1. The fourth-order valence-electron chi connectivity index (χ4n) is 4.46. The molecule has 36 heavy (non-hydrogen) atoms. The van der Waals surface area contributed by atoms with Gasteiger partial charge >= 0.3 is 0 Å². The van der Waals surface area contributed by atoms with E-state index in [2.05, 4.69) is 37.0 Å². The van der Waals surface area contributed by atoms with Gasteiger partial charge in [0.1, 0.15) is 6.61 Å². The number of rotatable bonds is 15. The first-order valence-corrected chi connectivity index (χ1v) is 12.8. The van der Waals surface area contributed by atoms with Gasteiger partial charge in [-0.25, -0.2) is 0 Å². The van der Waals surface area contributed by atoms with Crippen molar-refractivity contribution in [1.82, 2.24) is 9.88 Å². The highest BCUT2D eigenvalue weighted by Gasteiger charge is 2.25. The number of amides is 1. The van der Waals surface area contributed by atoms with Crippen LogP contribution in [0.5, 0.6) is 11.5 Å². The van der Waals surface area contributed by atoms with Crippen LogP contribution in [0.4, 0.5) is 0 Å². The molecule has 0 bridgehead atoms. The highest BCUT2D eigenvalue weighted by atomic mass is 16.5. The maximum absolute atomic E-state index is 12.2. The molecular weight excluding hydrogens is 454 g/mol. The third-order valence-electron chi connectivity index (χ3n) is 6.34. The number of aryl methyl sites for hydroxylation is 1. The van der Waals surface area contributed by atoms with Crippen molar-refractivity contribution < 1.29 is 19.4 Å². The van der Waals surface area contributed by atoms with Gasteiger partial charge in [-0.15, -0.1) is 6.58 Å². The second-order valence-electron chi connectivity index (χ2n) is 9.53. The predicted molar refractivity (Wildman–Crippen MR) is 143 cm³/mol. The molecule has 0 saturated heterocycles. The average Bonchev–Trinajstić information content (AvgIpc) is 3.58. The summed E-state index contributed by atoms with van der Waals surface area (Å²) in [6.45, 7) is 7.88. The molecule has 1 fully saturated rings. The third kappa shape index (κ3) is 6.68. The Bertz CT molecular complexity index is 1200. The summed E-state index contributed by atoms with van der Waals surface area (Å²) in [6, 6.07) is 12.3. The summed E-state index contributed by atoms with van der Waals surface area (Å²) in [7, 11) is 0. The Morgan fingerprint density at radius 1 is 1.25 bits per heavy atom. The summed E-state index contributed by atoms with van der Waals surface area (Å²) >= 11 is 0. The van der Waals surface area contributed by atoms with E-state index < -0.39 is 5.91 Å². The molecule has 1 aliphatic carbocycles. The van der Waals surface area contributed by atoms with Gasteiger partial charge in [-0.1, -0.05) is 12.1 Å². The maximum Gasteiger partial charge on any atom is 0.250 e. The number of aliphatic hydroxyl groups excluding tert-OH is 1. The van der Waals surface area contributed by atoms with Crippen LogP contribution >= 0.6 is 0 Å². The standard InChI is InChI=1S/C29H37N3O4/c1-3-5-21-6-9-26(27(19-21)36-24-7-8-24)35-15-11-31-20(2)16-22-17-23-10-13-32(12-4-14-33)28(23)25(18-22)29(30)34/h3,6,9-10,13,17-20,24,31,33H,1,4-5,7-8,11-12,14-16H2,2H3,(H2,30,34)/t20-/m1/s1. The van der Waals surface area contributed by atoms with Crippen molar-refractivity contribution >= 4 is 16.8 Å². The zero-order valence-electron chi connectivity index (χ0n) is 21.0. The van der Waals surface area contributed by atoms with E-state index in [1.165, 1.54) is 0 Å². The number of benzene rings is 2. The van der Waals surface area contributed by atoms with Crippen molar-refractivity contribution in [2.45, 2.75) is 57.7 Å². The van der Waals surface area contributed by atoms with E-state index in [-0.39, 0.29) is 12.6 Å². The van der Waals surface area contributed by atoms with Crippen LogP contribution in [-0.4, -0.2) is 47.5 Å². The highest BCUT2D eigenvalue weighted by molar-refractivity contribution is 6.05. The van der Waals surface area contributed by atoms with Crippen molar-refractivity contribution in [2.75, 3.05) is 19.8 Å². The molecule has 3 aromatic rings. The number of hydrogen-bond acceptors (Lipinski definition) is 5. The molecule has 1 saturated carbocycles. The lowest BCUT2D eigenvalue weighted by molar-refractivity contribution is 0.100. The van der Waals surface area contributed by atoms with Crippen molar-refractivity contribution in [2.24, 2.45) is 5.73 Å². The molecule has 0 spiro atoms.